The maximum absolute atomic E-state index is 14.5. The first-order chi connectivity index (χ1) is 20.4. The van der Waals surface area contributed by atoms with Gasteiger partial charge in [0.1, 0.15) is 6.04 Å². The highest BCUT2D eigenvalue weighted by atomic mass is 35.5. The second-order valence-corrected chi connectivity index (χ2v) is 11.5. The lowest BCUT2D eigenvalue weighted by atomic mass is 9.55. The molecule has 3 atom stereocenters. The molecule has 6 nitrogen and oxygen atoms in total. The standard InChI is InChI=1S/C35H27ClN2O4/c1-2-27(32(39)20-10-4-3-5-11-20)37(33(40)21-16-18-22(36)19-17-21)38-34(41)30-28-23-12-6-7-13-24(23)29(31(30)35(38)42)26-15-9-8-14-25(26)28/h3-19,27-31H,2H2,1H3/t27-,28?,29?,30+,31+/m1/s1. The Morgan fingerprint density at radius 2 is 1.14 bits per heavy atom. The number of rotatable bonds is 6. The number of imide groups is 1. The smallest absolute Gasteiger partial charge is 0.273 e. The number of hydrogen-bond donors (Lipinski definition) is 0. The molecular formula is C35H27ClN2O4. The molecule has 4 aromatic carbocycles. The molecule has 3 aliphatic carbocycles. The van der Waals surface area contributed by atoms with E-state index in [4.69, 9.17) is 11.6 Å². The molecule has 4 aromatic rings. The highest BCUT2D eigenvalue weighted by molar-refractivity contribution is 6.30. The molecule has 0 saturated carbocycles. The van der Waals surface area contributed by atoms with Crippen molar-refractivity contribution in [3.63, 3.8) is 0 Å². The van der Waals surface area contributed by atoms with Crippen molar-refractivity contribution in [1.82, 2.24) is 10.0 Å². The topological polar surface area (TPSA) is 74.8 Å². The lowest BCUT2D eigenvalue weighted by molar-refractivity contribution is -0.156. The van der Waals surface area contributed by atoms with Crippen molar-refractivity contribution in [3.8, 4) is 0 Å². The van der Waals surface area contributed by atoms with Crippen LogP contribution in [-0.4, -0.2) is 39.6 Å². The van der Waals surface area contributed by atoms with Crippen molar-refractivity contribution >= 4 is 35.1 Å². The summed E-state index contributed by atoms with van der Waals surface area (Å²) in [4.78, 5) is 57.3. The molecule has 1 aliphatic heterocycles. The van der Waals surface area contributed by atoms with E-state index in [1.165, 1.54) is 0 Å². The van der Waals surface area contributed by atoms with Crippen molar-refractivity contribution in [2.45, 2.75) is 31.2 Å². The molecule has 2 bridgehead atoms. The minimum absolute atomic E-state index is 0.201. The number of hydrazine groups is 1. The zero-order valence-electron chi connectivity index (χ0n) is 22.8. The molecule has 208 valence electrons. The van der Waals surface area contributed by atoms with E-state index < -0.39 is 35.6 Å². The van der Waals surface area contributed by atoms with Crippen molar-refractivity contribution in [2.24, 2.45) is 11.8 Å². The van der Waals surface area contributed by atoms with E-state index >= 15 is 0 Å². The van der Waals surface area contributed by atoms with Crippen LogP contribution in [0.2, 0.25) is 5.02 Å². The number of carbonyl (C=O) groups excluding carboxylic acids is 4. The number of hydrogen-bond acceptors (Lipinski definition) is 4. The first-order valence-corrected chi connectivity index (χ1v) is 14.5. The third-order valence-electron chi connectivity index (χ3n) is 8.98. The first kappa shape index (κ1) is 26.4. The van der Waals surface area contributed by atoms with Crippen LogP contribution in [0.15, 0.2) is 103 Å². The summed E-state index contributed by atoms with van der Waals surface area (Å²) in [6.45, 7) is 1.78. The van der Waals surface area contributed by atoms with Crippen LogP contribution in [0.1, 0.15) is 68.2 Å². The molecule has 1 saturated heterocycles. The molecule has 3 amide bonds. The Kier molecular flexibility index (Phi) is 6.32. The number of amides is 3. The summed E-state index contributed by atoms with van der Waals surface area (Å²) in [6, 6.07) is 29.8. The molecular weight excluding hydrogens is 548 g/mol. The van der Waals surface area contributed by atoms with Gasteiger partial charge < -0.3 is 0 Å². The molecule has 1 heterocycles. The second-order valence-electron chi connectivity index (χ2n) is 11.1. The summed E-state index contributed by atoms with van der Waals surface area (Å²) >= 11 is 6.10. The average molecular weight is 575 g/mol. The Hall–Kier alpha value is -4.55. The van der Waals surface area contributed by atoms with Gasteiger partial charge in [0, 0.05) is 28.0 Å². The number of Topliss-reactive ketones (excluding diaryl/α,β-unsaturated/α-hetero) is 1. The van der Waals surface area contributed by atoms with Crippen LogP contribution in [0, 0.1) is 11.8 Å². The molecule has 8 rings (SSSR count). The fourth-order valence-corrected chi connectivity index (χ4v) is 7.36. The van der Waals surface area contributed by atoms with Crippen molar-refractivity contribution in [2.75, 3.05) is 0 Å². The molecule has 0 N–H and O–H groups in total. The third-order valence-corrected chi connectivity index (χ3v) is 9.23. The zero-order chi connectivity index (χ0) is 29.1. The number of nitrogens with zero attached hydrogens (tertiary/aromatic N) is 2. The molecule has 0 radical (unpaired) electrons. The molecule has 0 spiro atoms. The van der Waals surface area contributed by atoms with Crippen LogP contribution < -0.4 is 0 Å². The third kappa shape index (κ3) is 3.78. The number of benzene rings is 4. The predicted octanol–water partition coefficient (Wildman–Crippen LogP) is 6.25. The summed E-state index contributed by atoms with van der Waals surface area (Å²) in [7, 11) is 0. The van der Waals surface area contributed by atoms with Crippen molar-refractivity contribution < 1.29 is 19.2 Å². The molecule has 42 heavy (non-hydrogen) atoms. The number of ketones is 1. The van der Waals surface area contributed by atoms with Crippen LogP contribution >= 0.6 is 11.6 Å². The zero-order valence-corrected chi connectivity index (χ0v) is 23.6. The summed E-state index contributed by atoms with van der Waals surface area (Å²) in [6.07, 6.45) is 0.201. The Morgan fingerprint density at radius 1 is 0.690 bits per heavy atom. The minimum Gasteiger partial charge on any atom is -0.292 e. The predicted molar refractivity (Wildman–Crippen MR) is 158 cm³/mol. The van der Waals surface area contributed by atoms with Crippen LogP contribution in [0.4, 0.5) is 0 Å². The maximum atomic E-state index is 14.5. The Balaban J connectivity index is 1.38. The maximum Gasteiger partial charge on any atom is 0.273 e. The van der Waals surface area contributed by atoms with E-state index in [9.17, 15) is 19.2 Å². The fraction of sp³-hybridized carbons (Fsp3) is 0.200. The van der Waals surface area contributed by atoms with E-state index in [1.54, 1.807) is 61.5 Å². The summed E-state index contributed by atoms with van der Waals surface area (Å²) in [5, 5.41) is 2.56. The van der Waals surface area contributed by atoms with Gasteiger partial charge in [0.05, 0.1) is 11.8 Å². The Bertz CT molecular complexity index is 1640. The molecule has 1 fully saturated rings. The van der Waals surface area contributed by atoms with Gasteiger partial charge in [-0.3, -0.25) is 19.2 Å². The first-order valence-electron chi connectivity index (χ1n) is 14.2. The Morgan fingerprint density at radius 3 is 1.60 bits per heavy atom. The van der Waals surface area contributed by atoms with Crippen LogP contribution in [0.3, 0.4) is 0 Å². The quantitative estimate of drug-likeness (QED) is 0.201. The lowest BCUT2D eigenvalue weighted by Gasteiger charge is -2.45. The molecule has 7 heteroatoms. The summed E-state index contributed by atoms with van der Waals surface area (Å²) in [5.74, 6) is -3.88. The highest BCUT2D eigenvalue weighted by Gasteiger charge is 2.63. The van der Waals surface area contributed by atoms with Crippen LogP contribution in [0.5, 0.6) is 0 Å². The monoisotopic (exact) mass is 574 g/mol. The van der Waals surface area contributed by atoms with Crippen LogP contribution in [0.25, 0.3) is 0 Å². The highest BCUT2D eigenvalue weighted by Crippen LogP contribution is 2.61. The molecule has 0 unspecified atom stereocenters. The number of carbonyl (C=O) groups is 4. The summed E-state index contributed by atoms with van der Waals surface area (Å²) in [5.41, 5.74) is 4.77. The summed E-state index contributed by atoms with van der Waals surface area (Å²) < 4.78 is 0. The van der Waals surface area contributed by atoms with Gasteiger partial charge in [-0.25, -0.2) is 5.01 Å². The second kappa shape index (κ2) is 10.1. The number of halogens is 1. The van der Waals surface area contributed by atoms with Crippen molar-refractivity contribution in [1.29, 1.82) is 0 Å². The molecule has 0 aromatic heterocycles. The van der Waals surface area contributed by atoms with E-state index in [0.717, 1.165) is 32.3 Å². The lowest BCUT2D eigenvalue weighted by Crippen LogP contribution is -2.57. The van der Waals surface area contributed by atoms with Gasteiger partial charge >= 0.3 is 0 Å². The SMILES string of the molecule is CC[C@H](C(=O)c1ccccc1)N(C(=O)c1ccc(Cl)cc1)N1C(=O)[C@H]2C3c4ccccc4C(c4ccccc43)[C@@H]2C1=O. The Labute approximate surface area is 248 Å². The van der Waals surface area contributed by atoms with Gasteiger partial charge in [0.15, 0.2) is 5.78 Å². The van der Waals surface area contributed by atoms with E-state index in [2.05, 4.69) is 0 Å². The fourth-order valence-electron chi connectivity index (χ4n) is 7.23. The van der Waals surface area contributed by atoms with Gasteiger partial charge in [-0.2, -0.15) is 5.01 Å². The van der Waals surface area contributed by atoms with Crippen LogP contribution in [-0.2, 0) is 9.59 Å². The molecule has 4 aliphatic rings. The van der Waals surface area contributed by atoms with E-state index in [0.29, 0.717) is 10.6 Å². The van der Waals surface area contributed by atoms with Gasteiger partial charge in [0.25, 0.3) is 17.7 Å². The van der Waals surface area contributed by atoms with Gasteiger partial charge in [-0.1, -0.05) is 97.4 Å². The minimum atomic E-state index is -1.08. The van der Waals surface area contributed by atoms with Gasteiger partial charge in [0.2, 0.25) is 0 Å². The normalized spacial score (nSPS) is 22.3. The largest absolute Gasteiger partial charge is 0.292 e. The van der Waals surface area contributed by atoms with Gasteiger partial charge in [-0.05, 0) is 52.9 Å². The van der Waals surface area contributed by atoms with Crippen molar-refractivity contribution in [3.05, 3.63) is 142 Å². The van der Waals surface area contributed by atoms with Gasteiger partial charge in [-0.15, -0.1) is 0 Å². The van der Waals surface area contributed by atoms with E-state index in [1.807, 2.05) is 48.5 Å². The van der Waals surface area contributed by atoms with E-state index in [-0.39, 0.29) is 29.6 Å². The average Bonchev–Trinajstić information content (AvgIpc) is 3.29.